The fraction of sp³-hybridized carbons (Fsp3) is 0.417. The van der Waals surface area contributed by atoms with Gasteiger partial charge in [-0.05, 0) is 61.6 Å². The lowest BCUT2D eigenvalue weighted by molar-refractivity contribution is -0.119. The molecule has 2 N–H and O–H groups in total. The Morgan fingerprint density at radius 3 is 2.35 bits per heavy atom. The van der Waals surface area contributed by atoms with E-state index in [2.05, 4.69) is 10.6 Å². The average molecular weight is 427 g/mol. The zero-order valence-corrected chi connectivity index (χ0v) is 18.9. The van der Waals surface area contributed by atoms with Crippen molar-refractivity contribution < 1.29 is 19.0 Å². The Morgan fingerprint density at radius 1 is 1.06 bits per heavy atom. The quantitative estimate of drug-likeness (QED) is 0.733. The highest BCUT2D eigenvalue weighted by molar-refractivity contribution is 5.83. The standard InChI is InChI=1S/C24H30N2O5/c1-13(2)25-19-10-8-16-17(12-20(19)28)18(26-14(3)27)9-7-15-11-21(29-4)23(30-5)24(31-6)22(15)16/h8,10-13,18H,7,9H2,1-6H3,(H,25,28)(H,26,27). The second kappa shape index (κ2) is 9.29. The van der Waals surface area contributed by atoms with E-state index in [0.29, 0.717) is 35.8 Å². The average Bonchev–Trinajstić information content (AvgIpc) is 2.96. The lowest BCUT2D eigenvalue weighted by atomic mass is 9.95. The van der Waals surface area contributed by atoms with Crippen molar-refractivity contribution in [1.82, 2.24) is 5.32 Å². The van der Waals surface area contributed by atoms with E-state index in [0.717, 1.165) is 22.3 Å². The van der Waals surface area contributed by atoms with E-state index in [-0.39, 0.29) is 23.4 Å². The molecule has 0 bridgehead atoms. The SMILES string of the molecule is COc1cc2c(c(OC)c1OC)-c1ccc(NC(C)C)c(=O)cc1C(NC(C)=O)CC2. The van der Waals surface area contributed by atoms with Gasteiger partial charge in [-0.2, -0.15) is 0 Å². The number of anilines is 1. The molecule has 7 nitrogen and oxygen atoms in total. The minimum Gasteiger partial charge on any atom is -0.493 e. The number of methoxy groups -OCH3 is 3. The summed E-state index contributed by atoms with van der Waals surface area (Å²) in [4.78, 5) is 24.9. The van der Waals surface area contributed by atoms with Crippen LogP contribution >= 0.6 is 0 Å². The molecule has 0 saturated carbocycles. The number of hydrogen-bond acceptors (Lipinski definition) is 6. The number of fused-ring (bicyclic) bond motifs is 3. The largest absolute Gasteiger partial charge is 0.493 e. The predicted octanol–water partition coefficient (Wildman–Crippen LogP) is 3.68. The summed E-state index contributed by atoms with van der Waals surface area (Å²) < 4.78 is 16.9. The van der Waals surface area contributed by atoms with Crippen LogP contribution in [0.15, 0.2) is 29.1 Å². The molecule has 1 unspecified atom stereocenters. The fourth-order valence-electron chi connectivity index (χ4n) is 4.14. The smallest absolute Gasteiger partial charge is 0.217 e. The van der Waals surface area contributed by atoms with E-state index in [9.17, 15) is 9.59 Å². The molecule has 0 aromatic heterocycles. The molecular formula is C24H30N2O5. The van der Waals surface area contributed by atoms with Crippen LogP contribution in [0.1, 0.15) is 44.4 Å². The third-order valence-corrected chi connectivity index (χ3v) is 5.36. The molecule has 2 aromatic rings. The highest BCUT2D eigenvalue weighted by Crippen LogP contribution is 2.50. The number of hydrogen-bond donors (Lipinski definition) is 2. The van der Waals surface area contributed by atoms with Crippen molar-refractivity contribution in [2.45, 2.75) is 45.7 Å². The van der Waals surface area contributed by atoms with Gasteiger partial charge in [-0.15, -0.1) is 0 Å². The molecule has 2 aromatic carbocycles. The molecule has 1 aliphatic rings. The van der Waals surface area contributed by atoms with Crippen LogP contribution in [0.25, 0.3) is 11.1 Å². The van der Waals surface area contributed by atoms with Crippen molar-refractivity contribution in [2.75, 3.05) is 26.6 Å². The molecule has 1 aliphatic carbocycles. The van der Waals surface area contributed by atoms with Crippen LogP contribution < -0.4 is 30.3 Å². The van der Waals surface area contributed by atoms with Gasteiger partial charge in [-0.25, -0.2) is 0 Å². The van der Waals surface area contributed by atoms with Gasteiger partial charge in [0.15, 0.2) is 11.5 Å². The number of ether oxygens (including phenoxy) is 3. The number of carbonyl (C=O) groups excluding carboxylic acids is 1. The third-order valence-electron chi connectivity index (χ3n) is 5.36. The van der Waals surface area contributed by atoms with Crippen LogP contribution in [0, 0.1) is 0 Å². The van der Waals surface area contributed by atoms with Crippen LogP contribution in [-0.4, -0.2) is 33.3 Å². The maximum atomic E-state index is 13.0. The summed E-state index contributed by atoms with van der Waals surface area (Å²) in [6.07, 6.45) is 1.30. The Kier molecular flexibility index (Phi) is 6.73. The van der Waals surface area contributed by atoms with Gasteiger partial charge >= 0.3 is 0 Å². The van der Waals surface area contributed by atoms with Crippen LogP contribution in [0.5, 0.6) is 17.2 Å². The van der Waals surface area contributed by atoms with E-state index < -0.39 is 0 Å². The fourth-order valence-corrected chi connectivity index (χ4v) is 4.14. The first-order valence-electron chi connectivity index (χ1n) is 10.3. The van der Waals surface area contributed by atoms with Crippen molar-refractivity contribution in [3.63, 3.8) is 0 Å². The van der Waals surface area contributed by atoms with Crippen LogP contribution in [0.3, 0.4) is 0 Å². The first-order valence-corrected chi connectivity index (χ1v) is 10.3. The minimum absolute atomic E-state index is 0.104. The van der Waals surface area contributed by atoms with Gasteiger partial charge in [-0.1, -0.05) is 6.07 Å². The molecule has 1 amide bonds. The zero-order chi connectivity index (χ0) is 22.7. The topological polar surface area (TPSA) is 85.9 Å². The van der Waals surface area contributed by atoms with Gasteiger partial charge in [0.1, 0.15) is 0 Å². The normalized spacial score (nSPS) is 14.7. The molecule has 1 atom stereocenters. The van der Waals surface area contributed by atoms with Crippen molar-refractivity contribution in [1.29, 1.82) is 0 Å². The highest BCUT2D eigenvalue weighted by atomic mass is 16.5. The summed E-state index contributed by atoms with van der Waals surface area (Å²) in [5, 5.41) is 6.21. The third kappa shape index (κ3) is 4.45. The lowest BCUT2D eigenvalue weighted by Gasteiger charge is -2.19. The molecule has 0 aliphatic heterocycles. The molecule has 3 rings (SSSR count). The zero-order valence-electron chi connectivity index (χ0n) is 18.9. The summed E-state index contributed by atoms with van der Waals surface area (Å²) >= 11 is 0. The second-order valence-electron chi connectivity index (χ2n) is 7.89. The van der Waals surface area contributed by atoms with Gasteiger partial charge in [0.2, 0.25) is 17.1 Å². The van der Waals surface area contributed by atoms with Gasteiger partial charge in [0.25, 0.3) is 0 Å². The molecule has 0 fully saturated rings. The highest BCUT2D eigenvalue weighted by Gasteiger charge is 2.29. The van der Waals surface area contributed by atoms with Gasteiger partial charge in [0.05, 0.1) is 33.1 Å². The summed E-state index contributed by atoms with van der Waals surface area (Å²) in [5.41, 5.74) is 3.78. The van der Waals surface area contributed by atoms with E-state index >= 15 is 0 Å². The molecule has 0 spiro atoms. The number of rotatable bonds is 6. The van der Waals surface area contributed by atoms with E-state index in [1.807, 2.05) is 26.0 Å². The van der Waals surface area contributed by atoms with Crippen LogP contribution in [0.4, 0.5) is 5.69 Å². The van der Waals surface area contributed by atoms with Crippen molar-refractivity contribution in [3.8, 4) is 28.4 Å². The number of benzene rings is 1. The lowest BCUT2D eigenvalue weighted by Crippen LogP contribution is -2.26. The molecule has 0 heterocycles. The Balaban J connectivity index is 2.38. The van der Waals surface area contributed by atoms with E-state index in [1.54, 1.807) is 33.5 Å². The Labute approximate surface area is 182 Å². The molecule has 7 heteroatoms. The summed E-state index contributed by atoms with van der Waals surface area (Å²) in [5.74, 6) is 1.45. The van der Waals surface area contributed by atoms with E-state index in [4.69, 9.17) is 14.2 Å². The predicted molar refractivity (Wildman–Crippen MR) is 121 cm³/mol. The Bertz CT molecular complexity index is 1050. The van der Waals surface area contributed by atoms with Crippen LogP contribution in [0.2, 0.25) is 0 Å². The minimum atomic E-state index is -0.311. The Morgan fingerprint density at radius 2 is 1.77 bits per heavy atom. The second-order valence-corrected chi connectivity index (χ2v) is 7.89. The van der Waals surface area contributed by atoms with Gasteiger partial charge in [0, 0.05) is 18.5 Å². The molecule has 31 heavy (non-hydrogen) atoms. The molecular weight excluding hydrogens is 396 g/mol. The first kappa shape index (κ1) is 22.5. The number of nitrogens with one attached hydrogen (secondary N) is 2. The maximum Gasteiger partial charge on any atom is 0.217 e. The Hall–Kier alpha value is -3.22. The van der Waals surface area contributed by atoms with Crippen molar-refractivity contribution in [2.24, 2.45) is 0 Å². The molecule has 0 radical (unpaired) electrons. The number of carbonyl (C=O) groups is 1. The van der Waals surface area contributed by atoms with Gasteiger partial charge in [-0.3, -0.25) is 9.59 Å². The van der Waals surface area contributed by atoms with Crippen LogP contribution in [-0.2, 0) is 11.2 Å². The molecule has 0 saturated heterocycles. The number of aryl methyl sites for hydroxylation is 1. The summed E-state index contributed by atoms with van der Waals surface area (Å²) in [7, 11) is 4.74. The maximum absolute atomic E-state index is 13.0. The first-order chi connectivity index (χ1) is 14.8. The molecule has 166 valence electrons. The monoisotopic (exact) mass is 426 g/mol. The van der Waals surface area contributed by atoms with Crippen molar-refractivity contribution in [3.05, 3.63) is 45.6 Å². The van der Waals surface area contributed by atoms with Gasteiger partial charge < -0.3 is 24.8 Å². The van der Waals surface area contributed by atoms with Crippen molar-refractivity contribution >= 4 is 11.6 Å². The summed E-state index contributed by atoms with van der Waals surface area (Å²) in [6.45, 7) is 5.44. The number of amides is 1. The summed E-state index contributed by atoms with van der Waals surface area (Å²) in [6, 6.07) is 7.05. The van der Waals surface area contributed by atoms with E-state index in [1.165, 1.54) is 6.92 Å².